The van der Waals surface area contributed by atoms with E-state index in [9.17, 15) is 24.3 Å². The zero-order valence-corrected chi connectivity index (χ0v) is 43.5. The van der Waals surface area contributed by atoms with Crippen molar-refractivity contribution in [2.75, 3.05) is 50.8 Å². The fourth-order valence-electron chi connectivity index (χ4n) is 12.9. The van der Waals surface area contributed by atoms with Crippen molar-refractivity contribution in [3.63, 3.8) is 0 Å². The maximum atomic E-state index is 16.5. The predicted molar refractivity (Wildman–Crippen MR) is 277 cm³/mol. The second-order valence-corrected chi connectivity index (χ2v) is 21.3. The lowest BCUT2D eigenvalue weighted by atomic mass is 9.77. The lowest BCUT2D eigenvalue weighted by Crippen LogP contribution is -2.54. The maximum Gasteiger partial charge on any atom is 0.329 e. The van der Waals surface area contributed by atoms with Gasteiger partial charge in [-0.1, -0.05) is 55.8 Å². The fourth-order valence-corrected chi connectivity index (χ4v) is 13.1. The number of carbonyl (C=O) groups is 4. The SMILES string of the molecule is CCC1CC(N2CCC(c3c(F)cc4c(N5CCC(=O)NC5=O)nn(C)c4c3F)CC2)CCN1C(=O)C1CCC(NCC2(c3ccccc3)Oc3cc(F)c(Cl)c(-c4c(C(N)=O)ccc(OCCO)c4F)c3C2C)CC1. The van der Waals surface area contributed by atoms with Gasteiger partial charge in [-0.05, 0) is 101 Å². The van der Waals surface area contributed by atoms with Crippen LogP contribution in [0.4, 0.5) is 28.2 Å². The van der Waals surface area contributed by atoms with E-state index in [1.165, 1.54) is 33.8 Å². The molecule has 5 aromatic rings. The molecule has 10 rings (SSSR count). The largest absolute Gasteiger partial charge is 0.488 e. The number of carbonyl (C=O) groups excluding carboxylic acids is 4. The molecular formula is C56H63ClF4N8O7. The predicted octanol–water partition coefficient (Wildman–Crippen LogP) is 8.56. The molecule has 4 unspecified atom stereocenters. The van der Waals surface area contributed by atoms with E-state index < -0.39 is 64.3 Å². The molecule has 0 spiro atoms. The van der Waals surface area contributed by atoms with Gasteiger partial charge in [0.2, 0.25) is 17.7 Å². The minimum atomic E-state index is -1.14. The number of nitrogens with zero attached hydrogens (tertiary/aromatic N) is 5. The number of piperidine rings is 2. The minimum absolute atomic E-state index is 0.0140. The van der Waals surface area contributed by atoms with Gasteiger partial charge < -0.3 is 35.4 Å². The molecule has 5 N–H and O–H groups in total. The topological polar surface area (TPSA) is 185 Å². The Morgan fingerprint density at radius 2 is 1.67 bits per heavy atom. The molecule has 5 heterocycles. The van der Waals surface area contributed by atoms with Crippen LogP contribution in [0, 0.1) is 29.2 Å². The van der Waals surface area contributed by atoms with Crippen LogP contribution in [0.2, 0.25) is 5.02 Å². The van der Waals surface area contributed by atoms with Gasteiger partial charge in [0.05, 0.1) is 22.6 Å². The van der Waals surface area contributed by atoms with Gasteiger partial charge >= 0.3 is 6.03 Å². The Morgan fingerprint density at radius 3 is 2.36 bits per heavy atom. The van der Waals surface area contributed by atoms with Gasteiger partial charge in [0.1, 0.15) is 29.5 Å². The number of primary amides is 1. The molecular weight excluding hydrogens is 1010 g/mol. The number of aliphatic hydroxyl groups excluding tert-OH is 1. The number of imide groups is 1. The van der Waals surface area contributed by atoms with Crippen molar-refractivity contribution in [2.24, 2.45) is 18.7 Å². The summed E-state index contributed by atoms with van der Waals surface area (Å²) < 4.78 is 78.4. The minimum Gasteiger partial charge on any atom is -0.488 e. The highest BCUT2D eigenvalue weighted by molar-refractivity contribution is 6.34. The van der Waals surface area contributed by atoms with Crippen molar-refractivity contribution >= 4 is 52.1 Å². The lowest BCUT2D eigenvalue weighted by molar-refractivity contribution is -0.141. The summed E-state index contributed by atoms with van der Waals surface area (Å²) in [6.07, 6.45) is 6.37. The summed E-state index contributed by atoms with van der Waals surface area (Å²) in [5.74, 6) is -5.58. The Bertz CT molecular complexity index is 3080. The molecule has 404 valence electrons. The van der Waals surface area contributed by atoms with Crippen LogP contribution < -0.4 is 30.7 Å². The third-order valence-electron chi connectivity index (χ3n) is 16.9. The number of hydrogen-bond acceptors (Lipinski definition) is 10. The summed E-state index contributed by atoms with van der Waals surface area (Å²) in [7, 11) is 1.56. The summed E-state index contributed by atoms with van der Waals surface area (Å²) in [6, 6.07) is 14.0. The number of likely N-dealkylation sites (tertiary alicyclic amines) is 2. The van der Waals surface area contributed by atoms with E-state index >= 15 is 17.6 Å². The van der Waals surface area contributed by atoms with Crippen LogP contribution in [0.5, 0.6) is 11.5 Å². The van der Waals surface area contributed by atoms with E-state index in [1.807, 2.05) is 37.3 Å². The van der Waals surface area contributed by atoms with Crippen molar-refractivity contribution < 1.29 is 51.3 Å². The number of urea groups is 1. The number of fused-ring (bicyclic) bond motifs is 2. The highest BCUT2D eigenvalue weighted by Gasteiger charge is 2.51. The van der Waals surface area contributed by atoms with Gasteiger partial charge in [0.15, 0.2) is 28.8 Å². The van der Waals surface area contributed by atoms with Gasteiger partial charge in [-0.2, -0.15) is 5.10 Å². The Morgan fingerprint density at radius 1 is 0.934 bits per heavy atom. The summed E-state index contributed by atoms with van der Waals surface area (Å²) in [5, 5.41) is 19.5. The summed E-state index contributed by atoms with van der Waals surface area (Å²) >= 11 is 6.73. The molecule has 1 aromatic heterocycles. The fraction of sp³-hybridized carbons (Fsp3) is 0.482. The van der Waals surface area contributed by atoms with Crippen LogP contribution >= 0.6 is 11.6 Å². The van der Waals surface area contributed by atoms with Crippen LogP contribution in [0.1, 0.15) is 117 Å². The van der Waals surface area contributed by atoms with Gasteiger partial charge in [0, 0.05) is 91.4 Å². The van der Waals surface area contributed by atoms with Gasteiger partial charge in [-0.25, -0.2) is 22.4 Å². The molecule has 4 aromatic carbocycles. The molecule has 1 saturated carbocycles. The number of nitrogens with two attached hydrogens (primary N) is 1. The second-order valence-electron chi connectivity index (χ2n) is 21.0. The van der Waals surface area contributed by atoms with Gasteiger partial charge in [-0.15, -0.1) is 0 Å². The summed E-state index contributed by atoms with van der Waals surface area (Å²) in [4.78, 5) is 57.3. The van der Waals surface area contributed by atoms with Crippen LogP contribution in [-0.4, -0.2) is 113 Å². The van der Waals surface area contributed by atoms with E-state index in [4.69, 9.17) is 26.8 Å². The third-order valence-corrected chi connectivity index (χ3v) is 17.2. The number of rotatable bonds is 14. The van der Waals surface area contributed by atoms with Crippen LogP contribution in [0.15, 0.2) is 54.6 Å². The molecule has 0 radical (unpaired) electrons. The number of halogens is 5. The molecule has 0 bridgehead atoms. The second kappa shape index (κ2) is 21.6. The molecule has 76 heavy (non-hydrogen) atoms. The molecule has 1 aliphatic carbocycles. The molecule has 5 aliphatic rings. The summed E-state index contributed by atoms with van der Waals surface area (Å²) in [6.45, 7) is 5.63. The molecule has 20 heteroatoms. The van der Waals surface area contributed by atoms with Gasteiger partial charge in [-0.3, -0.25) is 29.3 Å². The average Bonchev–Trinajstić information content (AvgIpc) is 4.05. The quantitative estimate of drug-likeness (QED) is 0.0786. The summed E-state index contributed by atoms with van der Waals surface area (Å²) in [5.41, 5.74) is 5.29. The Labute approximate surface area is 443 Å². The molecule has 4 fully saturated rings. The lowest BCUT2D eigenvalue weighted by Gasteiger charge is -2.46. The van der Waals surface area contributed by atoms with Crippen molar-refractivity contribution in [1.82, 2.24) is 30.2 Å². The van der Waals surface area contributed by atoms with Crippen molar-refractivity contribution in [2.45, 2.75) is 114 Å². The van der Waals surface area contributed by atoms with Crippen LogP contribution in [0.25, 0.3) is 22.0 Å². The number of nitrogens with one attached hydrogen (secondary N) is 2. The number of ether oxygens (including phenoxy) is 2. The molecule has 5 amide bonds. The number of hydrogen-bond donors (Lipinski definition) is 4. The monoisotopic (exact) mass is 1070 g/mol. The first-order valence-electron chi connectivity index (χ1n) is 26.4. The first-order chi connectivity index (χ1) is 36.5. The van der Waals surface area contributed by atoms with Crippen molar-refractivity contribution in [1.29, 1.82) is 0 Å². The van der Waals surface area contributed by atoms with E-state index in [0.29, 0.717) is 50.9 Å². The standard InChI is InChI=1S/C56H63ClF4N8O7/c1-4-35-26-36(67-20-16-31(17-21-67)45-39(58)27-38-51(50(45)61)66(3)65-53(38)69-23-19-43(71)64-55(69)74)18-22-68(35)54(73)32-10-12-34(13-11-32)63-29-56(33-8-6-5-7-9-33)30(2)44-42(76-56)28-40(59)48(57)47(44)46-37(52(62)72)14-15-41(49(46)60)75-25-24-70/h5-9,14-15,27-28,30-32,34-36,63,70H,4,10-13,16-26,29H2,1-3H3,(H2,62,72)(H,64,71,74). The molecule has 4 atom stereocenters. The average molecular weight is 1070 g/mol. The van der Waals surface area contributed by atoms with Crippen molar-refractivity contribution in [3.05, 3.63) is 105 Å². The van der Waals surface area contributed by atoms with E-state index in [-0.39, 0.29) is 112 Å². The highest BCUT2D eigenvalue weighted by atomic mass is 35.5. The molecule has 15 nitrogen and oxygen atoms in total. The smallest absolute Gasteiger partial charge is 0.329 e. The zero-order valence-electron chi connectivity index (χ0n) is 42.8. The number of aryl methyl sites for hydroxylation is 1. The zero-order chi connectivity index (χ0) is 53.7. The first kappa shape index (κ1) is 53.1. The Kier molecular flexibility index (Phi) is 15.1. The normalized spacial score (nSPS) is 24.4. The van der Waals surface area contributed by atoms with E-state index in [0.717, 1.165) is 37.7 Å². The number of amides is 5. The maximum absolute atomic E-state index is 16.5. The molecule has 3 saturated heterocycles. The van der Waals surface area contributed by atoms with Crippen LogP contribution in [-0.2, 0) is 22.2 Å². The molecule has 4 aliphatic heterocycles. The number of aromatic nitrogens is 2. The number of anilines is 1. The van der Waals surface area contributed by atoms with Crippen molar-refractivity contribution in [3.8, 4) is 22.6 Å². The van der Waals surface area contributed by atoms with Crippen LogP contribution in [0.3, 0.4) is 0 Å². The van der Waals surface area contributed by atoms with E-state index in [2.05, 4.69) is 32.5 Å². The van der Waals surface area contributed by atoms with Gasteiger partial charge in [0.25, 0.3) is 0 Å². The third kappa shape index (κ3) is 9.54. The Hall–Kier alpha value is -6.28. The van der Waals surface area contributed by atoms with E-state index in [1.54, 1.807) is 7.05 Å². The first-order valence-corrected chi connectivity index (χ1v) is 26.8. The number of aliphatic hydroxyl groups is 1. The number of benzene rings is 4. The highest BCUT2D eigenvalue weighted by Crippen LogP contribution is 2.57. The Balaban J connectivity index is 0.778.